The van der Waals surface area contributed by atoms with Crippen molar-refractivity contribution in [1.82, 2.24) is 15.4 Å². The van der Waals surface area contributed by atoms with Crippen LogP contribution in [0, 0.1) is 0 Å². The van der Waals surface area contributed by atoms with Crippen LogP contribution in [0.2, 0.25) is 0 Å². The molecular formula is C15H22ClN3O3S. The monoisotopic (exact) mass is 359 g/mol. The van der Waals surface area contributed by atoms with Crippen LogP contribution in [-0.4, -0.2) is 40.0 Å². The molecule has 1 aliphatic heterocycles. The maximum absolute atomic E-state index is 12.1. The Morgan fingerprint density at radius 2 is 2.04 bits per heavy atom. The number of benzene rings is 1. The van der Waals surface area contributed by atoms with Gasteiger partial charge in [0.05, 0.1) is 4.90 Å². The highest BCUT2D eigenvalue weighted by molar-refractivity contribution is 7.89. The first kappa shape index (κ1) is 19.6. The van der Waals surface area contributed by atoms with Crippen molar-refractivity contribution in [2.75, 3.05) is 19.6 Å². The second-order valence-corrected chi connectivity index (χ2v) is 6.95. The van der Waals surface area contributed by atoms with Crippen molar-refractivity contribution >= 4 is 28.3 Å². The first-order valence-electron chi connectivity index (χ1n) is 7.25. The lowest BCUT2D eigenvalue weighted by molar-refractivity contribution is 0.0930. The zero-order chi connectivity index (χ0) is 16.0. The molecule has 0 saturated carbocycles. The molecule has 0 bridgehead atoms. The van der Waals surface area contributed by atoms with Gasteiger partial charge in [0, 0.05) is 24.7 Å². The summed E-state index contributed by atoms with van der Waals surface area (Å²) in [6, 6.07) is 6.03. The summed E-state index contributed by atoms with van der Waals surface area (Å²) in [5.41, 5.74) is 0.452. The van der Waals surface area contributed by atoms with Crippen LogP contribution in [-0.2, 0) is 10.0 Å². The molecule has 6 nitrogen and oxygen atoms in total. The molecule has 23 heavy (non-hydrogen) atoms. The van der Waals surface area contributed by atoms with E-state index in [9.17, 15) is 13.2 Å². The quantitative estimate of drug-likeness (QED) is 0.663. The summed E-state index contributed by atoms with van der Waals surface area (Å²) in [7, 11) is -3.56. The summed E-state index contributed by atoms with van der Waals surface area (Å²) in [5.74, 6) is -0.184. The summed E-state index contributed by atoms with van der Waals surface area (Å²) in [4.78, 5) is 12.3. The van der Waals surface area contributed by atoms with E-state index in [0.29, 0.717) is 5.56 Å². The Hall–Kier alpha value is -1.41. The first-order valence-corrected chi connectivity index (χ1v) is 8.73. The van der Waals surface area contributed by atoms with Gasteiger partial charge in [0.15, 0.2) is 0 Å². The topological polar surface area (TPSA) is 87.3 Å². The first-order chi connectivity index (χ1) is 10.5. The van der Waals surface area contributed by atoms with Crippen LogP contribution < -0.4 is 15.4 Å². The number of piperidine rings is 1. The van der Waals surface area contributed by atoms with Gasteiger partial charge in [-0.2, -0.15) is 0 Å². The molecule has 1 fully saturated rings. The normalized spacial score (nSPS) is 17.8. The lowest BCUT2D eigenvalue weighted by atomic mass is 10.1. The van der Waals surface area contributed by atoms with E-state index in [1.165, 1.54) is 30.3 Å². The summed E-state index contributed by atoms with van der Waals surface area (Å²) in [6.45, 7) is 5.38. The Bertz CT molecular complexity index is 626. The molecule has 128 valence electrons. The van der Waals surface area contributed by atoms with Gasteiger partial charge in [-0.05, 0) is 43.7 Å². The fourth-order valence-electron chi connectivity index (χ4n) is 2.28. The highest BCUT2D eigenvalue weighted by atomic mass is 35.5. The third-order valence-electron chi connectivity index (χ3n) is 3.48. The van der Waals surface area contributed by atoms with Gasteiger partial charge in [-0.25, -0.2) is 13.1 Å². The van der Waals surface area contributed by atoms with Gasteiger partial charge < -0.3 is 10.6 Å². The highest BCUT2D eigenvalue weighted by Crippen LogP contribution is 2.11. The van der Waals surface area contributed by atoms with E-state index in [-0.39, 0.29) is 35.8 Å². The molecule has 3 N–H and O–H groups in total. The molecule has 1 aromatic rings. The SMILES string of the molecule is C=CCNS(=O)(=O)c1ccc(C(=O)NC2CCCNC2)cc1.Cl. The van der Waals surface area contributed by atoms with Crippen LogP contribution in [0.15, 0.2) is 41.8 Å². The van der Waals surface area contributed by atoms with Crippen molar-refractivity contribution in [2.24, 2.45) is 0 Å². The zero-order valence-corrected chi connectivity index (χ0v) is 14.4. The molecule has 1 atom stereocenters. The smallest absolute Gasteiger partial charge is 0.251 e. The molecule has 0 radical (unpaired) electrons. The van der Waals surface area contributed by atoms with Crippen molar-refractivity contribution in [2.45, 2.75) is 23.8 Å². The van der Waals surface area contributed by atoms with Gasteiger partial charge in [-0.15, -0.1) is 19.0 Å². The van der Waals surface area contributed by atoms with Crippen LogP contribution in [0.5, 0.6) is 0 Å². The lowest BCUT2D eigenvalue weighted by Crippen LogP contribution is -2.45. The van der Waals surface area contributed by atoms with E-state index in [2.05, 4.69) is 21.9 Å². The van der Waals surface area contributed by atoms with Crippen molar-refractivity contribution < 1.29 is 13.2 Å². The predicted octanol–water partition coefficient (Wildman–Crippen LogP) is 1.05. The highest BCUT2D eigenvalue weighted by Gasteiger charge is 2.17. The van der Waals surface area contributed by atoms with E-state index in [1.807, 2.05) is 0 Å². The number of carbonyl (C=O) groups excluding carboxylic acids is 1. The number of carbonyl (C=O) groups is 1. The standard InChI is InChI=1S/C15H21N3O3S.ClH/c1-2-9-17-22(20,21)14-7-5-12(6-8-14)15(19)18-13-4-3-10-16-11-13;/h2,5-8,13,16-17H,1,3-4,9-11H2,(H,18,19);1H. The Balaban J connectivity index is 0.00000264. The number of amides is 1. The molecule has 1 saturated heterocycles. The number of halogens is 1. The fourth-order valence-corrected chi connectivity index (χ4v) is 3.28. The molecule has 2 rings (SSSR count). The minimum Gasteiger partial charge on any atom is -0.348 e. The van der Waals surface area contributed by atoms with Gasteiger partial charge in [-0.3, -0.25) is 4.79 Å². The van der Waals surface area contributed by atoms with Crippen LogP contribution in [0.3, 0.4) is 0 Å². The van der Waals surface area contributed by atoms with Gasteiger partial charge in [-0.1, -0.05) is 6.08 Å². The molecule has 0 aliphatic carbocycles. The third-order valence-corrected chi connectivity index (χ3v) is 4.92. The van der Waals surface area contributed by atoms with Crippen LogP contribution >= 0.6 is 12.4 Å². The van der Waals surface area contributed by atoms with E-state index >= 15 is 0 Å². The van der Waals surface area contributed by atoms with Crippen LogP contribution in [0.1, 0.15) is 23.2 Å². The number of hydrogen-bond acceptors (Lipinski definition) is 4. The molecule has 1 heterocycles. The van der Waals surface area contributed by atoms with E-state index in [0.717, 1.165) is 25.9 Å². The molecule has 0 spiro atoms. The third kappa shape index (κ3) is 5.62. The Labute approximate surface area is 143 Å². The largest absolute Gasteiger partial charge is 0.348 e. The lowest BCUT2D eigenvalue weighted by Gasteiger charge is -2.23. The molecule has 1 unspecified atom stereocenters. The Morgan fingerprint density at radius 1 is 1.35 bits per heavy atom. The summed E-state index contributed by atoms with van der Waals surface area (Å²) < 4.78 is 26.2. The Morgan fingerprint density at radius 3 is 2.61 bits per heavy atom. The minimum absolute atomic E-state index is 0. The van der Waals surface area contributed by atoms with Gasteiger partial charge >= 0.3 is 0 Å². The second-order valence-electron chi connectivity index (χ2n) is 5.18. The molecule has 1 aliphatic rings. The number of rotatable bonds is 6. The van der Waals surface area contributed by atoms with Gasteiger partial charge in [0.2, 0.25) is 10.0 Å². The fraction of sp³-hybridized carbons (Fsp3) is 0.400. The predicted molar refractivity (Wildman–Crippen MR) is 92.4 cm³/mol. The molecule has 1 amide bonds. The van der Waals surface area contributed by atoms with Crippen molar-refractivity contribution in [1.29, 1.82) is 0 Å². The molecule has 0 aromatic heterocycles. The van der Waals surface area contributed by atoms with Crippen LogP contribution in [0.25, 0.3) is 0 Å². The van der Waals surface area contributed by atoms with E-state index in [4.69, 9.17) is 0 Å². The summed E-state index contributed by atoms with van der Waals surface area (Å²) >= 11 is 0. The maximum Gasteiger partial charge on any atom is 0.251 e. The molecule has 8 heteroatoms. The second kappa shape index (κ2) is 9.02. The Kier molecular flexibility index (Phi) is 7.70. The number of hydrogen-bond donors (Lipinski definition) is 3. The van der Waals surface area contributed by atoms with Gasteiger partial charge in [0.25, 0.3) is 5.91 Å². The number of nitrogens with one attached hydrogen (secondary N) is 3. The van der Waals surface area contributed by atoms with Crippen molar-refractivity contribution in [3.63, 3.8) is 0 Å². The average molecular weight is 360 g/mol. The average Bonchev–Trinajstić information content (AvgIpc) is 2.54. The number of sulfonamides is 1. The van der Waals surface area contributed by atoms with Gasteiger partial charge in [0.1, 0.15) is 0 Å². The van der Waals surface area contributed by atoms with Crippen molar-refractivity contribution in [3.8, 4) is 0 Å². The molecular weight excluding hydrogens is 338 g/mol. The molecule has 1 aromatic carbocycles. The van der Waals surface area contributed by atoms with Crippen LogP contribution in [0.4, 0.5) is 0 Å². The zero-order valence-electron chi connectivity index (χ0n) is 12.7. The summed E-state index contributed by atoms with van der Waals surface area (Å²) in [5, 5.41) is 6.18. The van der Waals surface area contributed by atoms with Crippen molar-refractivity contribution in [3.05, 3.63) is 42.5 Å². The maximum atomic E-state index is 12.1. The van der Waals surface area contributed by atoms with E-state index < -0.39 is 10.0 Å². The summed E-state index contributed by atoms with van der Waals surface area (Å²) in [6.07, 6.45) is 3.46. The van der Waals surface area contributed by atoms with E-state index in [1.54, 1.807) is 0 Å². The minimum atomic E-state index is -3.56.